The summed E-state index contributed by atoms with van der Waals surface area (Å²) >= 11 is 0. The van der Waals surface area contributed by atoms with Gasteiger partial charge in [-0.3, -0.25) is 24.0 Å². The smallest absolute Gasteiger partial charge is 0.329 e. The fraction of sp³-hybridized carbons (Fsp3) is 0.625. The maximum Gasteiger partial charge on any atom is 0.329 e. The van der Waals surface area contributed by atoms with Crippen LogP contribution in [0.25, 0.3) is 11.0 Å². The van der Waals surface area contributed by atoms with E-state index in [0.29, 0.717) is 12.3 Å². The van der Waals surface area contributed by atoms with Crippen LogP contribution in [-0.2, 0) is 16.6 Å². The van der Waals surface area contributed by atoms with Crippen LogP contribution in [0.1, 0.15) is 44.6 Å². The first-order valence-corrected chi connectivity index (χ1v) is 12.1. The van der Waals surface area contributed by atoms with Crippen molar-refractivity contribution in [1.29, 1.82) is 0 Å². The van der Waals surface area contributed by atoms with Crippen LogP contribution in [0.5, 0.6) is 0 Å². The highest BCUT2D eigenvalue weighted by molar-refractivity contribution is 6.00. The Balaban J connectivity index is 1.29. The van der Waals surface area contributed by atoms with Crippen LogP contribution in [0.4, 0.5) is 5.69 Å². The lowest BCUT2D eigenvalue weighted by molar-refractivity contribution is -0.135. The minimum Gasteiger partial charge on any atom is -0.393 e. The predicted molar refractivity (Wildman–Crippen MR) is 125 cm³/mol. The molecule has 33 heavy (non-hydrogen) atoms. The molecule has 3 aliphatic rings. The molecule has 1 aromatic carbocycles. The number of anilines is 1. The number of imidazole rings is 1. The van der Waals surface area contributed by atoms with E-state index in [1.807, 2.05) is 18.2 Å². The maximum absolute atomic E-state index is 13.0. The number of carbonyl (C=O) groups is 2. The third-order valence-electron chi connectivity index (χ3n) is 7.65. The van der Waals surface area contributed by atoms with Gasteiger partial charge in [0.1, 0.15) is 6.04 Å². The normalized spacial score (nSPS) is 23.9. The minimum atomic E-state index is -0.656. The van der Waals surface area contributed by atoms with E-state index in [-0.39, 0.29) is 24.1 Å². The van der Waals surface area contributed by atoms with Crippen LogP contribution in [0, 0.1) is 5.92 Å². The zero-order valence-corrected chi connectivity index (χ0v) is 19.2. The fourth-order valence-electron chi connectivity index (χ4n) is 5.62. The number of aryl methyl sites for hydroxylation is 1. The molecular formula is C24H33N5O4. The van der Waals surface area contributed by atoms with Crippen LogP contribution >= 0.6 is 0 Å². The van der Waals surface area contributed by atoms with Gasteiger partial charge in [0.05, 0.1) is 17.1 Å². The summed E-state index contributed by atoms with van der Waals surface area (Å²) in [6, 6.07) is 5.36. The Kier molecular flexibility index (Phi) is 6.01. The number of likely N-dealkylation sites (tertiary alicyclic amines) is 1. The van der Waals surface area contributed by atoms with Gasteiger partial charge in [0.15, 0.2) is 0 Å². The molecule has 0 aliphatic carbocycles. The number of hydrogen-bond acceptors (Lipinski definition) is 6. The van der Waals surface area contributed by atoms with E-state index < -0.39 is 11.9 Å². The molecule has 0 bridgehead atoms. The molecule has 1 atom stereocenters. The molecule has 3 fully saturated rings. The average Bonchev–Trinajstić information content (AvgIpc) is 3.06. The molecule has 5 rings (SSSR count). The number of rotatable bonds is 4. The van der Waals surface area contributed by atoms with Gasteiger partial charge in [0, 0.05) is 51.9 Å². The second kappa shape index (κ2) is 8.95. The molecule has 3 saturated heterocycles. The van der Waals surface area contributed by atoms with Gasteiger partial charge < -0.3 is 14.9 Å². The Morgan fingerprint density at radius 2 is 1.70 bits per heavy atom. The lowest BCUT2D eigenvalue weighted by Crippen LogP contribution is -2.44. The summed E-state index contributed by atoms with van der Waals surface area (Å²) in [5.74, 6) is -0.0125. The van der Waals surface area contributed by atoms with Crippen LogP contribution in [0.2, 0.25) is 0 Å². The van der Waals surface area contributed by atoms with Crippen molar-refractivity contribution < 1.29 is 14.7 Å². The molecule has 9 heteroatoms. The topological polar surface area (TPSA) is 99.8 Å². The Labute approximate surface area is 192 Å². The number of nitrogens with one attached hydrogen (secondary N) is 1. The summed E-state index contributed by atoms with van der Waals surface area (Å²) in [7, 11) is 1.73. The molecular weight excluding hydrogens is 422 g/mol. The lowest BCUT2D eigenvalue weighted by atomic mass is 9.94. The van der Waals surface area contributed by atoms with Crippen LogP contribution in [0.3, 0.4) is 0 Å². The Morgan fingerprint density at radius 3 is 2.39 bits per heavy atom. The first-order valence-electron chi connectivity index (χ1n) is 12.1. The largest absolute Gasteiger partial charge is 0.393 e. The summed E-state index contributed by atoms with van der Waals surface area (Å²) in [6.07, 6.45) is 4.49. The van der Waals surface area contributed by atoms with Crippen molar-refractivity contribution >= 4 is 28.5 Å². The summed E-state index contributed by atoms with van der Waals surface area (Å²) in [6.45, 7) is 5.07. The van der Waals surface area contributed by atoms with E-state index in [1.54, 1.807) is 11.6 Å². The minimum absolute atomic E-state index is 0.126. The predicted octanol–water partition coefficient (Wildman–Crippen LogP) is 0.991. The summed E-state index contributed by atoms with van der Waals surface area (Å²) in [4.78, 5) is 41.8. The molecule has 178 valence electrons. The second-order valence-electron chi connectivity index (χ2n) is 9.81. The monoisotopic (exact) mass is 455 g/mol. The van der Waals surface area contributed by atoms with Crippen molar-refractivity contribution in [3.63, 3.8) is 0 Å². The van der Waals surface area contributed by atoms with E-state index in [9.17, 15) is 19.5 Å². The van der Waals surface area contributed by atoms with Gasteiger partial charge in [-0.1, -0.05) is 0 Å². The van der Waals surface area contributed by atoms with Crippen molar-refractivity contribution in [2.75, 3.05) is 37.6 Å². The van der Waals surface area contributed by atoms with E-state index in [4.69, 9.17) is 0 Å². The van der Waals surface area contributed by atoms with E-state index >= 15 is 0 Å². The SMILES string of the molecule is Cn1c(=O)n(C2CCC(=O)NC2=O)c2ccc(N3CCC(CN4CCC(O)CC4)CC3)cc21. The van der Waals surface area contributed by atoms with Gasteiger partial charge >= 0.3 is 5.69 Å². The van der Waals surface area contributed by atoms with Crippen molar-refractivity contribution in [2.24, 2.45) is 13.0 Å². The van der Waals surface area contributed by atoms with E-state index in [2.05, 4.69) is 15.1 Å². The molecule has 9 nitrogen and oxygen atoms in total. The van der Waals surface area contributed by atoms with Crippen molar-refractivity contribution in [3.05, 3.63) is 28.7 Å². The maximum atomic E-state index is 13.0. The quantitative estimate of drug-likeness (QED) is 0.667. The first kappa shape index (κ1) is 22.2. The molecule has 3 aliphatic heterocycles. The van der Waals surface area contributed by atoms with Crippen LogP contribution in [0.15, 0.2) is 23.0 Å². The summed E-state index contributed by atoms with van der Waals surface area (Å²) in [5, 5.41) is 12.1. The van der Waals surface area contributed by atoms with Crippen molar-refractivity contribution in [1.82, 2.24) is 19.4 Å². The van der Waals surface area contributed by atoms with Crippen molar-refractivity contribution in [2.45, 2.75) is 50.7 Å². The lowest BCUT2D eigenvalue weighted by Gasteiger charge is -2.37. The summed E-state index contributed by atoms with van der Waals surface area (Å²) in [5.41, 5.74) is 2.39. The number of imide groups is 1. The molecule has 2 amide bonds. The van der Waals surface area contributed by atoms with Gasteiger partial charge in [-0.25, -0.2) is 4.79 Å². The fourth-order valence-corrected chi connectivity index (χ4v) is 5.62. The highest BCUT2D eigenvalue weighted by atomic mass is 16.3. The molecule has 1 unspecified atom stereocenters. The van der Waals surface area contributed by atoms with Gasteiger partial charge in [0.2, 0.25) is 11.8 Å². The van der Waals surface area contributed by atoms with Crippen molar-refractivity contribution in [3.8, 4) is 0 Å². The zero-order chi connectivity index (χ0) is 23.1. The molecule has 2 aromatic rings. The number of aliphatic hydroxyl groups excluding tert-OH is 1. The van der Waals surface area contributed by atoms with Crippen LogP contribution in [-0.4, -0.2) is 69.8 Å². The van der Waals surface area contributed by atoms with E-state index in [1.165, 1.54) is 4.57 Å². The number of amides is 2. The molecule has 0 radical (unpaired) electrons. The van der Waals surface area contributed by atoms with Crippen LogP contribution < -0.4 is 15.9 Å². The summed E-state index contributed by atoms with van der Waals surface area (Å²) < 4.78 is 3.13. The number of piperidine rings is 3. The highest BCUT2D eigenvalue weighted by Gasteiger charge is 2.31. The number of nitrogens with zero attached hydrogens (tertiary/aromatic N) is 4. The van der Waals surface area contributed by atoms with E-state index in [0.717, 1.165) is 75.1 Å². The van der Waals surface area contributed by atoms with Gasteiger partial charge in [-0.05, 0) is 56.2 Å². The molecule has 2 N–H and O–H groups in total. The number of aliphatic hydroxyl groups is 1. The number of fused-ring (bicyclic) bond motifs is 1. The van der Waals surface area contributed by atoms with Gasteiger partial charge in [-0.15, -0.1) is 0 Å². The molecule has 4 heterocycles. The Bertz CT molecular complexity index is 1110. The number of aromatic nitrogens is 2. The average molecular weight is 456 g/mol. The molecule has 0 spiro atoms. The Morgan fingerprint density at radius 1 is 0.970 bits per heavy atom. The number of benzene rings is 1. The Hall–Kier alpha value is -2.65. The third kappa shape index (κ3) is 4.31. The van der Waals surface area contributed by atoms with Gasteiger partial charge in [0.25, 0.3) is 0 Å². The molecule has 0 saturated carbocycles. The highest BCUT2D eigenvalue weighted by Crippen LogP contribution is 2.29. The third-order valence-corrected chi connectivity index (χ3v) is 7.65. The first-order chi connectivity index (χ1) is 15.9. The standard InChI is InChI=1S/C24H33N5O4/c1-26-21-14-17(28-12-6-16(7-13-28)15-27-10-8-18(30)9-11-27)2-3-19(21)29(24(26)33)20-4-5-22(31)25-23(20)32/h2-3,14,16,18,20,30H,4-13,15H2,1H3,(H,25,31,32). The molecule has 1 aromatic heterocycles. The number of hydrogen-bond donors (Lipinski definition) is 2. The second-order valence-corrected chi connectivity index (χ2v) is 9.81. The van der Waals surface area contributed by atoms with Gasteiger partial charge in [-0.2, -0.15) is 0 Å². The zero-order valence-electron chi connectivity index (χ0n) is 19.2. The number of carbonyl (C=O) groups excluding carboxylic acids is 2.